The molecular formula is C30H31N9O2. The standard InChI is InChI=1S/C30H31N9O2/c1-18(12-22-10-8-19(2)38(22)30(40)27-32-16-34-37-27)26-24-15-41-17-33-28(24)39-29(36-26)23(14-35-39)21-9-11-25(31-13-21)20-6-4-3-5-7-20/h3-7,9,11,13-14,16,18-19,22,33H,8,10,12,15,17H2,1-2H3,(H,32,34,37). The monoisotopic (exact) mass is 549 g/mol. The molecule has 2 aliphatic heterocycles. The zero-order chi connectivity index (χ0) is 27.9. The Labute approximate surface area is 237 Å². The summed E-state index contributed by atoms with van der Waals surface area (Å²) >= 11 is 0. The lowest BCUT2D eigenvalue weighted by atomic mass is 9.93. The third-order valence-electron chi connectivity index (χ3n) is 8.24. The number of carbonyl (C=O) groups excluding carboxylic acids is 1. The highest BCUT2D eigenvalue weighted by atomic mass is 16.5. The predicted molar refractivity (Wildman–Crippen MR) is 153 cm³/mol. The van der Waals surface area contributed by atoms with E-state index in [1.165, 1.54) is 6.33 Å². The lowest BCUT2D eigenvalue weighted by Gasteiger charge is -2.30. The number of carbonyl (C=O) groups is 1. The quantitative estimate of drug-likeness (QED) is 0.313. The molecule has 7 rings (SSSR count). The Kier molecular flexibility index (Phi) is 6.43. The van der Waals surface area contributed by atoms with Crippen LogP contribution in [0.25, 0.3) is 28.0 Å². The number of aromatic amines is 1. The van der Waals surface area contributed by atoms with Crippen LogP contribution in [0.4, 0.5) is 5.82 Å². The second-order valence-corrected chi connectivity index (χ2v) is 10.8. The highest BCUT2D eigenvalue weighted by Crippen LogP contribution is 2.37. The molecule has 2 aliphatic rings. The van der Waals surface area contributed by atoms with Crippen molar-refractivity contribution >= 4 is 17.4 Å². The van der Waals surface area contributed by atoms with Crippen LogP contribution in [-0.4, -0.2) is 64.4 Å². The van der Waals surface area contributed by atoms with Gasteiger partial charge in [-0.1, -0.05) is 43.3 Å². The summed E-state index contributed by atoms with van der Waals surface area (Å²) in [7, 11) is 0. The normalized spacial score (nSPS) is 19.2. The third kappa shape index (κ3) is 4.51. The first-order valence-corrected chi connectivity index (χ1v) is 14.0. The van der Waals surface area contributed by atoms with Gasteiger partial charge in [0.25, 0.3) is 5.91 Å². The Balaban J connectivity index is 1.23. The van der Waals surface area contributed by atoms with Crippen molar-refractivity contribution in [1.82, 2.24) is 39.7 Å². The van der Waals surface area contributed by atoms with Gasteiger partial charge >= 0.3 is 0 Å². The number of nitrogens with one attached hydrogen (secondary N) is 2. The summed E-state index contributed by atoms with van der Waals surface area (Å²) in [6.07, 6.45) is 7.76. The smallest absolute Gasteiger partial charge is 0.291 e. The molecule has 41 heavy (non-hydrogen) atoms. The summed E-state index contributed by atoms with van der Waals surface area (Å²) in [5, 5.41) is 14.7. The van der Waals surface area contributed by atoms with E-state index in [0.717, 1.165) is 64.4 Å². The molecule has 5 aromatic rings. The molecule has 1 aromatic carbocycles. The molecule has 0 saturated carbocycles. The van der Waals surface area contributed by atoms with Gasteiger partial charge in [-0.25, -0.2) is 9.97 Å². The minimum absolute atomic E-state index is 0.0684. The van der Waals surface area contributed by atoms with Gasteiger partial charge in [0.15, 0.2) is 5.65 Å². The van der Waals surface area contributed by atoms with E-state index in [2.05, 4.69) is 52.5 Å². The number of pyridine rings is 1. The Morgan fingerprint density at radius 2 is 1.98 bits per heavy atom. The van der Waals surface area contributed by atoms with E-state index in [9.17, 15) is 4.79 Å². The highest BCUT2D eigenvalue weighted by molar-refractivity contribution is 5.91. The fourth-order valence-electron chi connectivity index (χ4n) is 6.20. The van der Waals surface area contributed by atoms with Gasteiger partial charge in [-0.2, -0.15) is 14.7 Å². The molecule has 0 spiro atoms. The minimum atomic E-state index is -0.107. The fourth-order valence-corrected chi connectivity index (χ4v) is 6.20. The summed E-state index contributed by atoms with van der Waals surface area (Å²) in [5.41, 5.74) is 6.58. The van der Waals surface area contributed by atoms with E-state index >= 15 is 0 Å². The zero-order valence-corrected chi connectivity index (χ0v) is 23.0. The summed E-state index contributed by atoms with van der Waals surface area (Å²) in [5.74, 6) is 1.14. The summed E-state index contributed by atoms with van der Waals surface area (Å²) in [6.45, 7) is 5.13. The number of aromatic nitrogens is 7. The third-order valence-corrected chi connectivity index (χ3v) is 8.24. The molecule has 11 nitrogen and oxygen atoms in total. The van der Waals surface area contributed by atoms with Gasteiger partial charge < -0.3 is 15.0 Å². The van der Waals surface area contributed by atoms with Gasteiger partial charge in [0.1, 0.15) is 18.9 Å². The number of H-pyrrole nitrogens is 1. The Hall–Kier alpha value is -4.64. The van der Waals surface area contributed by atoms with Crippen molar-refractivity contribution in [1.29, 1.82) is 0 Å². The predicted octanol–water partition coefficient (Wildman–Crippen LogP) is 4.66. The molecule has 11 heteroatoms. The van der Waals surface area contributed by atoms with Crippen LogP contribution in [0.15, 0.2) is 61.2 Å². The van der Waals surface area contributed by atoms with E-state index in [0.29, 0.717) is 13.3 Å². The van der Waals surface area contributed by atoms with Crippen LogP contribution in [0.2, 0.25) is 0 Å². The first-order chi connectivity index (χ1) is 20.1. The van der Waals surface area contributed by atoms with Crippen molar-refractivity contribution in [3.8, 4) is 22.4 Å². The van der Waals surface area contributed by atoms with Crippen molar-refractivity contribution in [3.05, 3.63) is 78.3 Å². The molecule has 2 N–H and O–H groups in total. The van der Waals surface area contributed by atoms with Gasteiger partial charge in [0.05, 0.1) is 24.2 Å². The van der Waals surface area contributed by atoms with Crippen molar-refractivity contribution in [2.24, 2.45) is 0 Å². The van der Waals surface area contributed by atoms with Crippen molar-refractivity contribution in [2.45, 2.75) is 57.7 Å². The maximum absolute atomic E-state index is 13.3. The van der Waals surface area contributed by atoms with E-state index in [1.54, 1.807) is 0 Å². The SMILES string of the molecule is CC(CC1CCC(C)N1C(=O)c1ncn[nH]1)c1nc2c(-c3ccc(-c4ccccc4)nc3)cnn2c2c1COCN2. The number of ether oxygens (including phenoxy) is 1. The number of anilines is 1. The lowest BCUT2D eigenvalue weighted by molar-refractivity contribution is 0.0654. The van der Waals surface area contributed by atoms with Crippen LogP contribution < -0.4 is 5.32 Å². The van der Waals surface area contributed by atoms with Crippen LogP contribution in [-0.2, 0) is 11.3 Å². The number of likely N-dealkylation sites (tertiary alicyclic amines) is 1. The molecule has 208 valence electrons. The molecular weight excluding hydrogens is 518 g/mol. The zero-order valence-electron chi connectivity index (χ0n) is 23.0. The maximum Gasteiger partial charge on any atom is 0.291 e. The van der Waals surface area contributed by atoms with Gasteiger partial charge in [0, 0.05) is 46.5 Å². The number of benzene rings is 1. The highest BCUT2D eigenvalue weighted by Gasteiger charge is 2.37. The molecule has 6 heterocycles. The maximum atomic E-state index is 13.3. The number of hydrogen-bond donors (Lipinski definition) is 2. The molecule has 1 saturated heterocycles. The topological polar surface area (TPSA) is 126 Å². The fraction of sp³-hybridized carbons (Fsp3) is 0.333. The second kappa shape index (κ2) is 10.4. The van der Waals surface area contributed by atoms with Crippen molar-refractivity contribution < 1.29 is 9.53 Å². The molecule has 3 atom stereocenters. The van der Waals surface area contributed by atoms with Crippen LogP contribution in [0.1, 0.15) is 60.9 Å². The lowest BCUT2D eigenvalue weighted by Crippen LogP contribution is -2.41. The number of fused-ring (bicyclic) bond motifs is 3. The Morgan fingerprint density at radius 3 is 2.76 bits per heavy atom. The first kappa shape index (κ1) is 25.3. The average molecular weight is 550 g/mol. The largest absolute Gasteiger partial charge is 0.356 e. The van der Waals surface area contributed by atoms with Crippen molar-refractivity contribution in [3.63, 3.8) is 0 Å². The van der Waals surface area contributed by atoms with E-state index in [-0.39, 0.29) is 29.7 Å². The number of hydrogen-bond acceptors (Lipinski definition) is 8. The van der Waals surface area contributed by atoms with E-state index < -0.39 is 0 Å². The minimum Gasteiger partial charge on any atom is -0.356 e. The summed E-state index contributed by atoms with van der Waals surface area (Å²) < 4.78 is 7.66. The van der Waals surface area contributed by atoms with Crippen LogP contribution in [0.3, 0.4) is 0 Å². The Morgan fingerprint density at radius 1 is 1.10 bits per heavy atom. The molecule has 4 aromatic heterocycles. The van der Waals surface area contributed by atoms with Crippen LogP contribution in [0.5, 0.6) is 0 Å². The molecule has 3 unspecified atom stereocenters. The van der Waals surface area contributed by atoms with Gasteiger partial charge in [-0.15, -0.1) is 0 Å². The number of rotatable bonds is 6. The van der Waals surface area contributed by atoms with Crippen LogP contribution >= 0.6 is 0 Å². The number of amides is 1. The molecule has 1 fully saturated rings. The molecule has 0 aliphatic carbocycles. The van der Waals surface area contributed by atoms with E-state index in [4.69, 9.17) is 19.8 Å². The van der Waals surface area contributed by atoms with Gasteiger partial charge in [-0.05, 0) is 32.3 Å². The van der Waals surface area contributed by atoms with Gasteiger partial charge in [0.2, 0.25) is 5.82 Å². The molecule has 1 amide bonds. The molecule has 0 radical (unpaired) electrons. The average Bonchev–Trinajstić information content (AvgIpc) is 3.78. The van der Waals surface area contributed by atoms with Crippen LogP contribution in [0, 0.1) is 0 Å². The second-order valence-electron chi connectivity index (χ2n) is 10.8. The Bertz CT molecular complexity index is 1680. The number of nitrogens with zero attached hydrogens (tertiary/aromatic N) is 7. The van der Waals surface area contributed by atoms with Gasteiger partial charge in [-0.3, -0.25) is 14.9 Å². The van der Waals surface area contributed by atoms with Crippen molar-refractivity contribution in [2.75, 3.05) is 12.0 Å². The van der Waals surface area contributed by atoms with E-state index in [1.807, 2.05) is 46.1 Å². The molecule has 0 bridgehead atoms. The summed E-state index contributed by atoms with van der Waals surface area (Å²) in [4.78, 5) is 29.3. The summed E-state index contributed by atoms with van der Waals surface area (Å²) in [6, 6.07) is 14.4. The first-order valence-electron chi connectivity index (χ1n) is 14.0.